The topological polar surface area (TPSA) is 53.2 Å². The van der Waals surface area contributed by atoms with E-state index in [1.807, 2.05) is 36.5 Å². The number of nitrogens with zero attached hydrogens (tertiary/aromatic N) is 1. The van der Waals surface area contributed by atoms with Crippen molar-refractivity contribution in [2.75, 3.05) is 0 Å². The van der Waals surface area contributed by atoms with Gasteiger partial charge in [0.05, 0.1) is 11.4 Å². The molecule has 3 heterocycles. The molecule has 2 aliphatic rings. The lowest BCUT2D eigenvalue weighted by molar-refractivity contribution is 0.208. The van der Waals surface area contributed by atoms with E-state index in [0.717, 1.165) is 41.3 Å². The van der Waals surface area contributed by atoms with E-state index in [-0.39, 0.29) is 0 Å². The first-order valence-corrected chi connectivity index (χ1v) is 12.3. The highest BCUT2D eigenvalue weighted by Crippen LogP contribution is 2.34. The summed E-state index contributed by atoms with van der Waals surface area (Å²) in [7, 11) is 0. The van der Waals surface area contributed by atoms with Gasteiger partial charge in [-0.05, 0) is 67.0 Å². The van der Waals surface area contributed by atoms with Gasteiger partial charge in [0.25, 0.3) is 0 Å². The molecule has 1 aliphatic carbocycles. The number of aliphatic imine (C=N–C) groups is 1. The lowest BCUT2D eigenvalue weighted by Gasteiger charge is -2.16. The Morgan fingerprint density at radius 1 is 1.06 bits per heavy atom. The maximum absolute atomic E-state index is 6.29. The number of fused-ring (bicyclic) bond motifs is 2. The van der Waals surface area contributed by atoms with Gasteiger partial charge in [-0.15, -0.1) is 0 Å². The van der Waals surface area contributed by atoms with Gasteiger partial charge in [0.1, 0.15) is 18.1 Å². The number of H-pyrrole nitrogens is 2. The fourth-order valence-corrected chi connectivity index (χ4v) is 4.91. The predicted molar refractivity (Wildman–Crippen MR) is 135 cm³/mol. The highest BCUT2D eigenvalue weighted by molar-refractivity contribution is 6.11. The van der Waals surface area contributed by atoms with Gasteiger partial charge in [-0.25, -0.2) is 4.99 Å². The standard InChI is InChI=1S/C29H33N3O/c1-2-22-13-8-3-4-9-14-23-17-24(22)26(31-23)18-28-29(33-20-21-11-6-5-7-12-21)19-27(32-28)25-15-10-16-30-25/h5-7,10-12,15-19,22,30-31H,2-4,8-9,13-14,20H2,1H3/b28-18-. The van der Waals surface area contributed by atoms with Crippen LogP contribution < -0.4 is 0 Å². The van der Waals surface area contributed by atoms with Crippen molar-refractivity contribution < 1.29 is 4.74 Å². The first-order valence-electron chi connectivity index (χ1n) is 12.3. The summed E-state index contributed by atoms with van der Waals surface area (Å²) in [6, 6.07) is 16.8. The average molecular weight is 440 g/mol. The summed E-state index contributed by atoms with van der Waals surface area (Å²) in [5.41, 5.74) is 7.93. The summed E-state index contributed by atoms with van der Waals surface area (Å²) in [4.78, 5) is 12.0. The molecule has 4 heteroatoms. The highest BCUT2D eigenvalue weighted by Gasteiger charge is 2.22. The molecule has 0 amide bonds. The molecule has 0 spiro atoms. The van der Waals surface area contributed by atoms with Crippen molar-refractivity contribution in [3.63, 3.8) is 0 Å². The summed E-state index contributed by atoms with van der Waals surface area (Å²) in [5.74, 6) is 1.41. The van der Waals surface area contributed by atoms with Gasteiger partial charge in [-0.2, -0.15) is 0 Å². The van der Waals surface area contributed by atoms with Gasteiger partial charge in [0.2, 0.25) is 0 Å². The number of allylic oxidation sites excluding steroid dienone is 1. The summed E-state index contributed by atoms with van der Waals surface area (Å²) in [6.07, 6.45) is 15.0. The molecule has 4 nitrogen and oxygen atoms in total. The Bertz CT molecular complexity index is 1150. The van der Waals surface area contributed by atoms with Crippen molar-refractivity contribution >= 4 is 11.8 Å². The molecule has 2 bridgehead atoms. The van der Waals surface area contributed by atoms with Crippen molar-refractivity contribution in [1.82, 2.24) is 9.97 Å². The molecule has 2 N–H and O–H groups in total. The van der Waals surface area contributed by atoms with E-state index in [0.29, 0.717) is 12.5 Å². The number of aromatic amines is 2. The largest absolute Gasteiger partial charge is 0.487 e. The first kappa shape index (κ1) is 21.6. The van der Waals surface area contributed by atoms with Crippen LogP contribution in [-0.2, 0) is 17.8 Å². The quantitative estimate of drug-likeness (QED) is 0.416. The van der Waals surface area contributed by atoms with Gasteiger partial charge in [0.15, 0.2) is 0 Å². The molecule has 1 unspecified atom stereocenters. The number of aromatic nitrogens is 2. The van der Waals surface area contributed by atoms with Crippen molar-refractivity contribution in [2.24, 2.45) is 4.99 Å². The number of nitrogens with one attached hydrogen (secondary N) is 2. The summed E-state index contributed by atoms with van der Waals surface area (Å²) < 4.78 is 6.29. The average Bonchev–Trinajstić information content (AvgIpc) is 3.59. The predicted octanol–water partition coefficient (Wildman–Crippen LogP) is 7.29. The van der Waals surface area contributed by atoms with Crippen molar-refractivity contribution in [3.05, 3.63) is 100 Å². The molecule has 5 rings (SSSR count). The molecule has 0 radical (unpaired) electrons. The molecule has 2 aromatic heterocycles. The molecule has 1 aromatic carbocycles. The van der Waals surface area contributed by atoms with Crippen LogP contribution in [0.15, 0.2) is 77.3 Å². The number of ether oxygens (including phenoxy) is 1. The van der Waals surface area contributed by atoms with E-state index in [1.54, 1.807) is 0 Å². The lowest BCUT2D eigenvalue weighted by atomic mass is 9.89. The smallest absolute Gasteiger partial charge is 0.147 e. The van der Waals surface area contributed by atoms with Crippen LogP contribution in [0.2, 0.25) is 0 Å². The van der Waals surface area contributed by atoms with Crippen LogP contribution in [0.1, 0.15) is 79.6 Å². The molecule has 1 aliphatic heterocycles. The summed E-state index contributed by atoms with van der Waals surface area (Å²) in [6.45, 7) is 2.84. The van der Waals surface area contributed by atoms with E-state index in [2.05, 4.69) is 47.2 Å². The van der Waals surface area contributed by atoms with Gasteiger partial charge in [0, 0.05) is 23.7 Å². The Morgan fingerprint density at radius 2 is 1.94 bits per heavy atom. The van der Waals surface area contributed by atoms with E-state index in [1.165, 1.54) is 49.1 Å². The number of aryl methyl sites for hydroxylation is 1. The first-order chi connectivity index (χ1) is 16.3. The lowest BCUT2D eigenvalue weighted by Crippen LogP contribution is -2.00. The zero-order valence-corrected chi connectivity index (χ0v) is 19.4. The van der Waals surface area contributed by atoms with E-state index < -0.39 is 0 Å². The Balaban J connectivity index is 1.49. The minimum Gasteiger partial charge on any atom is -0.487 e. The monoisotopic (exact) mass is 439 g/mol. The second kappa shape index (κ2) is 10.1. The molecular weight excluding hydrogens is 406 g/mol. The normalized spacial score (nSPS) is 19.9. The van der Waals surface area contributed by atoms with Crippen molar-refractivity contribution in [3.8, 4) is 0 Å². The third-order valence-electron chi connectivity index (χ3n) is 6.77. The number of benzene rings is 1. The Hall–Kier alpha value is -3.27. The van der Waals surface area contributed by atoms with Crippen molar-refractivity contribution in [1.29, 1.82) is 0 Å². The third-order valence-corrected chi connectivity index (χ3v) is 6.77. The second-order valence-corrected chi connectivity index (χ2v) is 9.11. The summed E-state index contributed by atoms with van der Waals surface area (Å²) in [5, 5.41) is 0. The fourth-order valence-electron chi connectivity index (χ4n) is 4.91. The van der Waals surface area contributed by atoms with Crippen LogP contribution in [0.4, 0.5) is 0 Å². The molecule has 0 saturated heterocycles. The van der Waals surface area contributed by atoms with E-state index in [9.17, 15) is 0 Å². The van der Waals surface area contributed by atoms with Crippen LogP contribution in [-0.4, -0.2) is 15.7 Å². The fraction of sp³-hybridized carbons (Fsp3) is 0.345. The Kier molecular flexibility index (Phi) is 6.61. The van der Waals surface area contributed by atoms with Crippen molar-refractivity contribution in [2.45, 2.75) is 64.4 Å². The Labute approximate surface area is 196 Å². The maximum atomic E-state index is 6.29. The number of hydrogen-bond acceptors (Lipinski definition) is 2. The van der Waals surface area contributed by atoms with Crippen LogP contribution in [0, 0.1) is 0 Å². The molecule has 33 heavy (non-hydrogen) atoms. The minimum atomic E-state index is 0.526. The Morgan fingerprint density at radius 3 is 2.76 bits per heavy atom. The van der Waals surface area contributed by atoms with Crippen LogP contribution in [0.25, 0.3) is 6.08 Å². The molecular formula is C29H33N3O. The summed E-state index contributed by atoms with van der Waals surface area (Å²) >= 11 is 0. The van der Waals surface area contributed by atoms with E-state index in [4.69, 9.17) is 9.73 Å². The molecule has 3 aromatic rings. The third kappa shape index (κ3) is 5.05. The van der Waals surface area contributed by atoms with Crippen LogP contribution >= 0.6 is 0 Å². The highest BCUT2D eigenvalue weighted by atomic mass is 16.5. The zero-order chi connectivity index (χ0) is 22.5. The molecule has 1 atom stereocenters. The number of rotatable bonds is 6. The van der Waals surface area contributed by atoms with E-state index >= 15 is 0 Å². The molecule has 0 saturated carbocycles. The van der Waals surface area contributed by atoms with Crippen LogP contribution in [0.3, 0.4) is 0 Å². The van der Waals surface area contributed by atoms with Crippen LogP contribution in [0.5, 0.6) is 0 Å². The minimum absolute atomic E-state index is 0.526. The van der Waals surface area contributed by atoms with Gasteiger partial charge < -0.3 is 14.7 Å². The maximum Gasteiger partial charge on any atom is 0.147 e. The van der Waals surface area contributed by atoms with Gasteiger partial charge >= 0.3 is 0 Å². The molecule has 0 fully saturated rings. The number of hydrogen-bond donors (Lipinski definition) is 2. The molecule has 170 valence electrons. The zero-order valence-electron chi connectivity index (χ0n) is 19.4. The van der Waals surface area contributed by atoms with Gasteiger partial charge in [-0.1, -0.05) is 56.5 Å². The second-order valence-electron chi connectivity index (χ2n) is 9.11. The van der Waals surface area contributed by atoms with Gasteiger partial charge in [-0.3, -0.25) is 0 Å². The SMILES string of the molecule is CCC1CCCCCCc2cc1c(/C=C1\N=C(c3ccc[nH]3)C=C1OCc1ccccc1)[nH]2.